The van der Waals surface area contributed by atoms with E-state index in [4.69, 9.17) is 0 Å². The number of anilines is 2. The fourth-order valence-electron chi connectivity index (χ4n) is 2.55. The zero-order chi connectivity index (χ0) is 26.1. The monoisotopic (exact) mass is 578 g/mol. The zero-order valence-corrected chi connectivity index (χ0v) is 24.1. The second kappa shape index (κ2) is 11.2. The number of rotatable bonds is 9. The van der Waals surface area contributed by atoms with E-state index in [0.29, 0.717) is 0 Å². The van der Waals surface area contributed by atoms with E-state index in [9.17, 15) is 42.8 Å². The number of nitrogens with one attached hydrogen (secondary N) is 2. The third kappa shape index (κ3) is 9.12. The van der Waals surface area contributed by atoms with Gasteiger partial charge in [0.15, 0.2) is 0 Å². The first-order valence-electron chi connectivity index (χ1n) is 8.89. The topological polar surface area (TPSA) is 204 Å². The molecule has 188 valence electrons. The molecule has 0 atom stereocenters. The van der Waals surface area contributed by atoms with Crippen LogP contribution in [0.1, 0.15) is 11.1 Å². The van der Waals surface area contributed by atoms with E-state index in [1.54, 1.807) is 0 Å². The molecule has 0 saturated carbocycles. The Labute approximate surface area is 226 Å². The molecule has 2 aromatic carbocycles. The Kier molecular flexibility index (Phi) is 10.1. The maximum Gasteiger partial charge on any atom is 1.00 e. The molecule has 4 N–H and O–H groups in total. The van der Waals surface area contributed by atoms with Gasteiger partial charge in [-0.05, 0) is 35.4 Å². The first-order valence-corrected chi connectivity index (χ1v) is 15.1. The molecule has 0 aromatic heterocycles. The maximum atomic E-state index is 12.0. The van der Waals surface area contributed by atoms with Gasteiger partial charge < -0.3 is 0 Å². The molecule has 18 heteroatoms. The summed E-state index contributed by atoms with van der Waals surface area (Å²) in [7, 11) is -14.9. The average Bonchev–Trinajstić information content (AvgIpc) is 2.64. The van der Waals surface area contributed by atoms with Crippen molar-refractivity contribution in [3.8, 4) is 0 Å². The maximum absolute atomic E-state index is 12.0. The summed E-state index contributed by atoms with van der Waals surface area (Å²) in [5.74, 6) is 0. The SMILES string of the molecule is CN(C)S(=O)(=O)Nc1ccc(/C=C/c2ccc(NS(C)(=O)=O)cc2S(=O)(=O)O)c(S(=O)(=O)O)c1.[Na+]. The number of nitrogens with zero attached hydrogens (tertiary/aromatic N) is 1. The molecule has 0 fully saturated rings. The van der Waals surface area contributed by atoms with Gasteiger partial charge in [-0.15, -0.1) is 0 Å². The molecule has 0 amide bonds. The fraction of sp³-hybridized carbons (Fsp3) is 0.176. The molecule has 0 aliphatic heterocycles. The Morgan fingerprint density at radius 2 is 1.09 bits per heavy atom. The molecule has 0 radical (unpaired) electrons. The van der Waals surface area contributed by atoms with Gasteiger partial charge in [0, 0.05) is 19.8 Å². The largest absolute Gasteiger partial charge is 1.00 e. The van der Waals surface area contributed by atoms with Crippen molar-refractivity contribution < 1.29 is 72.3 Å². The minimum absolute atomic E-state index is 0. The molecule has 35 heavy (non-hydrogen) atoms. The van der Waals surface area contributed by atoms with Crippen LogP contribution in [0.5, 0.6) is 0 Å². The van der Waals surface area contributed by atoms with Gasteiger partial charge in [-0.25, -0.2) is 8.42 Å². The predicted molar refractivity (Wildman–Crippen MR) is 126 cm³/mol. The van der Waals surface area contributed by atoms with Crippen LogP contribution in [0, 0.1) is 0 Å². The minimum atomic E-state index is -4.85. The van der Waals surface area contributed by atoms with Crippen molar-refractivity contribution in [1.82, 2.24) is 4.31 Å². The summed E-state index contributed by atoms with van der Waals surface area (Å²) < 4.78 is 118. The van der Waals surface area contributed by atoms with Gasteiger partial charge in [-0.3, -0.25) is 18.5 Å². The molecule has 0 unspecified atom stereocenters. The average molecular weight is 579 g/mol. The Hall–Kier alpha value is -1.54. The zero-order valence-electron chi connectivity index (χ0n) is 18.9. The van der Waals surface area contributed by atoms with Gasteiger partial charge in [0.05, 0.1) is 11.9 Å². The molecule has 2 aromatic rings. The van der Waals surface area contributed by atoms with Crippen LogP contribution in [-0.4, -0.2) is 67.4 Å². The van der Waals surface area contributed by atoms with E-state index in [1.807, 2.05) is 0 Å². The molecular formula is C17H21N3NaO10S4+. The van der Waals surface area contributed by atoms with E-state index in [0.717, 1.165) is 47.0 Å². The fourth-order valence-corrected chi connectivity index (χ4v) is 5.13. The Balaban J connectivity index is 0.00000612. The summed E-state index contributed by atoms with van der Waals surface area (Å²) in [6, 6.07) is 6.44. The first-order chi connectivity index (χ1) is 15.3. The standard InChI is InChI=1S/C17H21N3O10S4.Na/c1-20(2)34(29,30)19-15-9-7-13(17(11-15)33(26,27)28)5-4-12-6-8-14(18-31(3,21)22)10-16(12)32(23,24)25;/h4-11,18-19H,1-3H3,(H,23,24,25)(H,26,27,28);/q;+1/b5-4+;. The van der Waals surface area contributed by atoms with Crippen molar-refractivity contribution in [2.75, 3.05) is 29.8 Å². The summed E-state index contributed by atoms with van der Waals surface area (Å²) in [6.45, 7) is 0. The van der Waals surface area contributed by atoms with E-state index in [2.05, 4.69) is 9.44 Å². The number of benzene rings is 2. The van der Waals surface area contributed by atoms with E-state index in [-0.39, 0.29) is 52.1 Å². The van der Waals surface area contributed by atoms with E-state index in [1.165, 1.54) is 26.2 Å². The van der Waals surface area contributed by atoms with Crippen LogP contribution in [-0.2, 0) is 40.5 Å². The smallest absolute Gasteiger partial charge is 0.284 e. The molecule has 0 heterocycles. The van der Waals surface area contributed by atoms with Gasteiger partial charge in [-0.1, -0.05) is 24.3 Å². The van der Waals surface area contributed by atoms with Crippen LogP contribution in [0.4, 0.5) is 11.4 Å². The Morgan fingerprint density at radius 3 is 1.40 bits per heavy atom. The second-order valence-corrected chi connectivity index (χ2v) is 13.5. The van der Waals surface area contributed by atoms with Crippen molar-refractivity contribution >= 4 is 64.0 Å². The second-order valence-electron chi connectivity index (χ2n) is 7.05. The molecule has 0 saturated heterocycles. The van der Waals surface area contributed by atoms with E-state index >= 15 is 0 Å². The summed E-state index contributed by atoms with van der Waals surface area (Å²) in [5.41, 5.74) is -0.605. The third-order valence-corrected chi connectivity index (χ3v) is 7.94. The molecular weight excluding hydrogens is 557 g/mol. The summed E-state index contributed by atoms with van der Waals surface area (Å²) >= 11 is 0. The number of hydrogen-bond donors (Lipinski definition) is 4. The van der Waals surface area contributed by atoms with Gasteiger partial charge in [0.25, 0.3) is 20.2 Å². The van der Waals surface area contributed by atoms with Crippen LogP contribution in [0.3, 0.4) is 0 Å². The first kappa shape index (κ1) is 31.5. The Morgan fingerprint density at radius 1 is 0.714 bits per heavy atom. The van der Waals surface area contributed by atoms with Crippen LogP contribution < -0.4 is 39.0 Å². The van der Waals surface area contributed by atoms with Crippen molar-refractivity contribution in [2.45, 2.75) is 9.79 Å². The minimum Gasteiger partial charge on any atom is -0.284 e. The molecule has 13 nitrogen and oxygen atoms in total. The summed E-state index contributed by atoms with van der Waals surface area (Å²) in [4.78, 5) is -1.37. The number of hydrogen-bond acceptors (Lipinski definition) is 8. The molecule has 0 aliphatic rings. The van der Waals surface area contributed by atoms with Gasteiger partial charge >= 0.3 is 39.8 Å². The predicted octanol–water partition coefficient (Wildman–Crippen LogP) is -2.06. The van der Waals surface area contributed by atoms with Crippen LogP contribution in [0.25, 0.3) is 12.2 Å². The molecule has 0 spiro atoms. The summed E-state index contributed by atoms with van der Waals surface area (Å²) in [5, 5.41) is 0. The normalized spacial score (nSPS) is 13.0. The van der Waals surface area contributed by atoms with Crippen LogP contribution >= 0.6 is 0 Å². The quantitative estimate of drug-likeness (QED) is 0.146. The van der Waals surface area contributed by atoms with Crippen LogP contribution in [0.2, 0.25) is 0 Å². The molecule has 0 bridgehead atoms. The van der Waals surface area contributed by atoms with Crippen molar-refractivity contribution in [2.24, 2.45) is 0 Å². The van der Waals surface area contributed by atoms with Gasteiger partial charge in [-0.2, -0.15) is 29.6 Å². The van der Waals surface area contributed by atoms with Crippen LogP contribution in [0.15, 0.2) is 46.2 Å². The van der Waals surface area contributed by atoms with Crippen molar-refractivity contribution in [1.29, 1.82) is 0 Å². The molecule has 0 aliphatic carbocycles. The van der Waals surface area contributed by atoms with Crippen molar-refractivity contribution in [3.05, 3.63) is 47.5 Å². The van der Waals surface area contributed by atoms with Gasteiger partial charge in [0.1, 0.15) is 9.79 Å². The number of sulfonamides is 1. The van der Waals surface area contributed by atoms with E-state index < -0.39 is 50.3 Å². The summed E-state index contributed by atoms with van der Waals surface area (Å²) in [6.07, 6.45) is 3.04. The third-order valence-electron chi connectivity index (χ3n) is 4.06. The Bertz CT molecular complexity index is 1570. The molecule has 2 rings (SSSR count). The van der Waals surface area contributed by atoms with Crippen molar-refractivity contribution in [3.63, 3.8) is 0 Å². The van der Waals surface area contributed by atoms with Gasteiger partial charge in [0.2, 0.25) is 10.0 Å².